The highest BCUT2D eigenvalue weighted by atomic mass is 16.5. The third kappa shape index (κ3) is 3.32. The maximum absolute atomic E-state index is 13.4. The van der Waals surface area contributed by atoms with Crippen LogP contribution < -0.4 is 0 Å². The molecule has 1 aromatic carbocycles. The first-order valence-corrected chi connectivity index (χ1v) is 8.86. The van der Waals surface area contributed by atoms with Crippen LogP contribution in [0.4, 0.5) is 5.69 Å². The van der Waals surface area contributed by atoms with Crippen LogP contribution in [0.5, 0.6) is 0 Å². The molecule has 1 aliphatic rings. The molecular weight excluding hydrogens is 354 g/mol. The summed E-state index contributed by atoms with van der Waals surface area (Å²) in [6, 6.07) is 12.9. The Kier molecular flexibility index (Phi) is 5.01. The van der Waals surface area contributed by atoms with E-state index in [1.165, 1.54) is 0 Å². The minimum atomic E-state index is -0.471. The minimum Gasteiger partial charge on any atom is -0.467 e. The lowest BCUT2D eigenvalue weighted by Gasteiger charge is -2.24. The molecule has 2 aromatic heterocycles. The highest BCUT2D eigenvalue weighted by molar-refractivity contribution is 6.16. The van der Waals surface area contributed by atoms with Gasteiger partial charge in [0.1, 0.15) is 6.61 Å². The van der Waals surface area contributed by atoms with Gasteiger partial charge in [0, 0.05) is 42.5 Å². The van der Waals surface area contributed by atoms with Crippen LogP contribution in [0.2, 0.25) is 0 Å². The van der Waals surface area contributed by atoms with E-state index >= 15 is 0 Å². The van der Waals surface area contributed by atoms with Crippen molar-refractivity contribution in [2.45, 2.75) is 11.8 Å². The molecule has 138 valence electrons. The molecule has 0 spiro atoms. The van der Waals surface area contributed by atoms with Crippen molar-refractivity contribution in [3.63, 3.8) is 0 Å². The number of benzene rings is 1. The Hall–Kier alpha value is -3.67. The molecule has 4 rings (SSSR count). The van der Waals surface area contributed by atoms with Gasteiger partial charge in [0.05, 0.1) is 11.6 Å². The van der Waals surface area contributed by atoms with E-state index in [0.717, 1.165) is 16.7 Å². The Morgan fingerprint density at radius 1 is 1.00 bits per heavy atom. The van der Waals surface area contributed by atoms with Crippen LogP contribution in [0.25, 0.3) is 0 Å². The fraction of sp³-hybridized carbons (Fsp3) is 0.136. The van der Waals surface area contributed by atoms with E-state index in [-0.39, 0.29) is 18.3 Å². The van der Waals surface area contributed by atoms with E-state index in [1.807, 2.05) is 42.5 Å². The number of fused-ring (bicyclic) bond motifs is 1. The number of ketones is 1. The number of aliphatic imine (C=N–C) groups is 1. The van der Waals surface area contributed by atoms with E-state index in [2.05, 4.69) is 15.0 Å². The zero-order valence-corrected chi connectivity index (χ0v) is 14.9. The lowest BCUT2D eigenvalue weighted by Crippen LogP contribution is -2.22. The first-order chi connectivity index (χ1) is 13.8. The van der Waals surface area contributed by atoms with Crippen molar-refractivity contribution in [1.82, 2.24) is 9.97 Å². The van der Waals surface area contributed by atoms with E-state index < -0.39 is 5.92 Å². The van der Waals surface area contributed by atoms with Crippen molar-refractivity contribution in [2.75, 3.05) is 6.61 Å². The molecule has 1 aliphatic heterocycles. The molecule has 0 radical (unpaired) electrons. The molecule has 0 saturated carbocycles. The number of hydrogen-bond donors (Lipinski definition) is 0. The average Bonchev–Trinajstić information content (AvgIpc) is 2.76. The highest BCUT2D eigenvalue weighted by Gasteiger charge is 2.31. The number of nitrogens with zero attached hydrogens (tertiary/aromatic N) is 3. The molecular formula is C22H17N3O3. The van der Waals surface area contributed by atoms with Crippen LogP contribution in [0, 0.1) is 0 Å². The Morgan fingerprint density at radius 3 is 2.43 bits per heavy atom. The summed E-state index contributed by atoms with van der Waals surface area (Å²) < 4.78 is 5.08. The van der Waals surface area contributed by atoms with Crippen molar-refractivity contribution in [2.24, 2.45) is 4.99 Å². The molecule has 3 aromatic rings. The smallest absolute Gasteiger partial charge is 0.293 e. The summed E-state index contributed by atoms with van der Waals surface area (Å²) in [5.41, 5.74) is 3.72. The molecule has 3 heterocycles. The lowest BCUT2D eigenvalue weighted by atomic mass is 9.81. The van der Waals surface area contributed by atoms with Crippen molar-refractivity contribution in [1.29, 1.82) is 0 Å². The molecule has 0 saturated heterocycles. The normalized spacial score (nSPS) is 16.3. The second-order valence-electron chi connectivity index (χ2n) is 6.40. The highest BCUT2D eigenvalue weighted by Crippen LogP contribution is 2.38. The SMILES string of the molecule is O=COCC(c1ccncc1)c1cccc2c1C(=O)C(c1ccncc1)C=N2. The lowest BCUT2D eigenvalue weighted by molar-refractivity contribution is -0.128. The van der Waals surface area contributed by atoms with Gasteiger partial charge in [-0.3, -0.25) is 24.5 Å². The largest absolute Gasteiger partial charge is 0.467 e. The van der Waals surface area contributed by atoms with Crippen LogP contribution in [0.15, 0.2) is 72.2 Å². The molecule has 2 unspecified atom stereocenters. The summed E-state index contributed by atoms with van der Waals surface area (Å²) in [7, 11) is 0. The first kappa shape index (κ1) is 17.7. The number of hydrogen-bond acceptors (Lipinski definition) is 6. The van der Waals surface area contributed by atoms with Gasteiger partial charge < -0.3 is 4.74 Å². The number of aromatic nitrogens is 2. The van der Waals surface area contributed by atoms with Gasteiger partial charge in [-0.05, 0) is 47.0 Å². The maximum atomic E-state index is 13.4. The zero-order valence-electron chi connectivity index (χ0n) is 14.9. The van der Waals surface area contributed by atoms with Crippen molar-refractivity contribution < 1.29 is 14.3 Å². The standard InChI is InChI=1S/C22H17N3O3/c26-14-28-13-19(16-6-10-24-11-7-16)17-2-1-3-20-21(17)22(27)18(12-25-20)15-4-8-23-9-5-15/h1-12,14,18-19H,13H2. The Labute approximate surface area is 162 Å². The number of ether oxygens (including phenoxy) is 1. The third-order valence-electron chi connectivity index (χ3n) is 4.85. The minimum absolute atomic E-state index is 0.0306. The van der Waals surface area contributed by atoms with Crippen molar-refractivity contribution in [3.05, 3.63) is 89.5 Å². The van der Waals surface area contributed by atoms with Crippen LogP contribution in [-0.4, -0.2) is 35.0 Å². The fourth-order valence-corrected chi connectivity index (χ4v) is 3.51. The van der Waals surface area contributed by atoms with Crippen LogP contribution in [0.3, 0.4) is 0 Å². The molecule has 0 fully saturated rings. The van der Waals surface area contributed by atoms with E-state index in [0.29, 0.717) is 17.7 Å². The second kappa shape index (κ2) is 7.92. The van der Waals surface area contributed by atoms with E-state index in [4.69, 9.17) is 4.74 Å². The van der Waals surface area contributed by atoms with Gasteiger partial charge in [0.2, 0.25) is 0 Å². The van der Waals surface area contributed by atoms with Gasteiger partial charge in [-0.2, -0.15) is 0 Å². The van der Waals surface area contributed by atoms with Gasteiger partial charge in [-0.25, -0.2) is 0 Å². The summed E-state index contributed by atoms with van der Waals surface area (Å²) in [5, 5.41) is 0. The van der Waals surface area contributed by atoms with Crippen LogP contribution in [-0.2, 0) is 9.53 Å². The third-order valence-corrected chi connectivity index (χ3v) is 4.85. The van der Waals surface area contributed by atoms with Crippen molar-refractivity contribution >= 4 is 24.2 Å². The van der Waals surface area contributed by atoms with Gasteiger partial charge in [-0.1, -0.05) is 12.1 Å². The quantitative estimate of drug-likeness (QED) is 0.620. The molecule has 0 amide bonds. The van der Waals surface area contributed by atoms with E-state index in [1.54, 1.807) is 31.0 Å². The Balaban J connectivity index is 1.81. The fourth-order valence-electron chi connectivity index (χ4n) is 3.51. The average molecular weight is 371 g/mol. The topological polar surface area (TPSA) is 81.5 Å². The molecule has 28 heavy (non-hydrogen) atoms. The summed E-state index contributed by atoms with van der Waals surface area (Å²) in [6.07, 6.45) is 8.36. The van der Waals surface area contributed by atoms with Gasteiger partial charge in [0.15, 0.2) is 5.78 Å². The predicted octanol–water partition coefficient (Wildman–Crippen LogP) is 3.46. The summed E-state index contributed by atoms with van der Waals surface area (Å²) >= 11 is 0. The molecule has 0 aliphatic carbocycles. The number of pyridine rings is 2. The van der Waals surface area contributed by atoms with Crippen LogP contribution >= 0.6 is 0 Å². The predicted molar refractivity (Wildman–Crippen MR) is 104 cm³/mol. The van der Waals surface area contributed by atoms with Gasteiger partial charge in [0.25, 0.3) is 6.47 Å². The van der Waals surface area contributed by atoms with Gasteiger partial charge >= 0.3 is 0 Å². The summed E-state index contributed by atoms with van der Waals surface area (Å²) in [5.74, 6) is -0.794. The Morgan fingerprint density at radius 2 is 1.71 bits per heavy atom. The molecule has 6 heteroatoms. The maximum Gasteiger partial charge on any atom is 0.293 e. The van der Waals surface area contributed by atoms with E-state index in [9.17, 15) is 9.59 Å². The van der Waals surface area contributed by atoms with Crippen LogP contribution in [0.1, 0.15) is 38.9 Å². The molecule has 0 bridgehead atoms. The number of carbonyl (C=O) groups excluding carboxylic acids is 2. The Bertz CT molecular complexity index is 1020. The monoisotopic (exact) mass is 371 g/mol. The van der Waals surface area contributed by atoms with Gasteiger partial charge in [-0.15, -0.1) is 0 Å². The molecule has 2 atom stereocenters. The number of rotatable bonds is 6. The summed E-state index contributed by atoms with van der Waals surface area (Å²) in [4.78, 5) is 36.8. The second-order valence-corrected chi connectivity index (χ2v) is 6.40. The first-order valence-electron chi connectivity index (χ1n) is 8.86. The summed E-state index contributed by atoms with van der Waals surface area (Å²) in [6.45, 7) is 0.546. The number of carbonyl (C=O) groups is 2. The molecule has 0 N–H and O–H groups in total. The number of Topliss-reactive ketones (excluding diaryl/α,β-unsaturated/α-hetero) is 1. The van der Waals surface area contributed by atoms with Crippen molar-refractivity contribution in [3.8, 4) is 0 Å². The molecule has 6 nitrogen and oxygen atoms in total. The zero-order chi connectivity index (χ0) is 19.3.